The Hall–Kier alpha value is -3.15. The molecule has 0 bridgehead atoms. The quantitative estimate of drug-likeness (QED) is 0.725. The molecule has 1 aromatic heterocycles. The number of benzene rings is 2. The van der Waals surface area contributed by atoms with Crippen LogP contribution in [0, 0.1) is 12.7 Å². The van der Waals surface area contributed by atoms with Gasteiger partial charge in [-0.3, -0.25) is 9.48 Å². The fraction of sp³-hybridized carbons (Fsp3) is 0.238. The zero-order valence-electron chi connectivity index (χ0n) is 15.6. The predicted octanol–water partition coefficient (Wildman–Crippen LogP) is 3.52. The molecule has 0 aliphatic heterocycles. The largest absolute Gasteiger partial charge is 0.496 e. The Bertz CT molecular complexity index is 966. The maximum Gasteiger partial charge on any atom is 0.271 e. The molecule has 1 heterocycles. The summed E-state index contributed by atoms with van der Waals surface area (Å²) >= 11 is 0. The average Bonchev–Trinajstić information content (AvgIpc) is 3.06. The summed E-state index contributed by atoms with van der Waals surface area (Å²) in [5.74, 6) is 0.305. The van der Waals surface area contributed by atoms with Crippen molar-refractivity contribution in [3.8, 4) is 17.0 Å². The van der Waals surface area contributed by atoms with E-state index in [1.807, 2.05) is 24.3 Å². The SMILES string of the molecule is COc1ccccc1CCNC(=O)c1cc(-c2ccc(F)c(C)c2)n(C)n1. The normalized spacial score (nSPS) is 10.7. The van der Waals surface area contributed by atoms with Crippen LogP contribution in [0.3, 0.4) is 0 Å². The maximum atomic E-state index is 13.5. The second-order valence-electron chi connectivity index (χ2n) is 6.32. The Kier molecular flexibility index (Phi) is 5.54. The highest BCUT2D eigenvalue weighted by molar-refractivity contribution is 5.93. The number of hydrogen-bond donors (Lipinski definition) is 1. The second-order valence-corrected chi connectivity index (χ2v) is 6.32. The number of amides is 1. The zero-order valence-corrected chi connectivity index (χ0v) is 15.6. The highest BCUT2D eigenvalue weighted by Gasteiger charge is 2.14. The van der Waals surface area contributed by atoms with Gasteiger partial charge in [-0.1, -0.05) is 18.2 Å². The van der Waals surface area contributed by atoms with Gasteiger partial charge in [0.25, 0.3) is 5.91 Å². The third-order valence-corrected chi connectivity index (χ3v) is 4.44. The van der Waals surface area contributed by atoms with Crippen molar-refractivity contribution in [2.75, 3.05) is 13.7 Å². The molecule has 3 aromatic rings. The van der Waals surface area contributed by atoms with Gasteiger partial charge in [-0.15, -0.1) is 0 Å². The van der Waals surface area contributed by atoms with Crippen molar-refractivity contribution in [3.05, 3.63) is 71.2 Å². The van der Waals surface area contributed by atoms with Crippen molar-refractivity contribution in [2.24, 2.45) is 7.05 Å². The highest BCUT2D eigenvalue weighted by atomic mass is 19.1. The van der Waals surface area contributed by atoms with Crippen LogP contribution in [-0.2, 0) is 13.5 Å². The van der Waals surface area contributed by atoms with Gasteiger partial charge in [0.1, 0.15) is 11.6 Å². The minimum absolute atomic E-state index is 0.245. The molecular weight excluding hydrogens is 345 g/mol. The molecule has 3 rings (SSSR count). The van der Waals surface area contributed by atoms with Crippen molar-refractivity contribution < 1.29 is 13.9 Å². The topological polar surface area (TPSA) is 56.1 Å². The van der Waals surface area contributed by atoms with Gasteiger partial charge in [-0.05, 0) is 54.8 Å². The lowest BCUT2D eigenvalue weighted by molar-refractivity contribution is 0.0948. The molecule has 1 amide bonds. The predicted molar refractivity (Wildman–Crippen MR) is 102 cm³/mol. The van der Waals surface area contributed by atoms with E-state index in [0.29, 0.717) is 24.2 Å². The Morgan fingerprint density at radius 2 is 2.00 bits per heavy atom. The first kappa shape index (κ1) is 18.6. The van der Waals surface area contributed by atoms with E-state index in [9.17, 15) is 9.18 Å². The standard InChI is InChI=1S/C21H22FN3O2/c1-14-12-16(8-9-17(14)22)19-13-18(24-25(19)2)21(26)23-11-10-15-6-4-5-7-20(15)27-3/h4-9,12-13H,10-11H2,1-3H3,(H,23,26). The second kappa shape index (κ2) is 8.03. The fourth-order valence-electron chi connectivity index (χ4n) is 2.96. The molecule has 0 fully saturated rings. The number of nitrogens with zero attached hydrogens (tertiary/aromatic N) is 2. The number of aromatic nitrogens is 2. The van der Waals surface area contributed by atoms with Gasteiger partial charge in [-0.2, -0.15) is 5.10 Å². The number of rotatable bonds is 6. The fourth-order valence-corrected chi connectivity index (χ4v) is 2.96. The molecule has 1 N–H and O–H groups in total. The van der Waals surface area contributed by atoms with Gasteiger partial charge >= 0.3 is 0 Å². The van der Waals surface area contributed by atoms with E-state index in [2.05, 4.69) is 10.4 Å². The number of carbonyl (C=O) groups excluding carboxylic acids is 1. The molecule has 0 aliphatic carbocycles. The van der Waals surface area contributed by atoms with E-state index in [1.54, 1.807) is 44.0 Å². The molecule has 0 unspecified atom stereocenters. The monoisotopic (exact) mass is 367 g/mol. The number of methoxy groups -OCH3 is 1. The zero-order chi connectivity index (χ0) is 19.4. The smallest absolute Gasteiger partial charge is 0.271 e. The number of halogens is 1. The van der Waals surface area contributed by atoms with Gasteiger partial charge in [0.05, 0.1) is 12.8 Å². The van der Waals surface area contributed by atoms with Gasteiger partial charge in [-0.25, -0.2) is 4.39 Å². The molecule has 27 heavy (non-hydrogen) atoms. The van der Waals surface area contributed by atoms with E-state index in [-0.39, 0.29) is 11.7 Å². The Morgan fingerprint density at radius 3 is 2.74 bits per heavy atom. The molecule has 140 valence electrons. The van der Waals surface area contributed by atoms with Gasteiger partial charge in [0, 0.05) is 19.2 Å². The Morgan fingerprint density at radius 1 is 1.22 bits per heavy atom. The van der Waals surface area contributed by atoms with Crippen molar-refractivity contribution in [3.63, 3.8) is 0 Å². The van der Waals surface area contributed by atoms with Gasteiger partial charge in [0.2, 0.25) is 0 Å². The van der Waals surface area contributed by atoms with Crippen LogP contribution in [0.25, 0.3) is 11.3 Å². The lowest BCUT2D eigenvalue weighted by Crippen LogP contribution is -2.26. The summed E-state index contributed by atoms with van der Waals surface area (Å²) in [6.07, 6.45) is 0.659. The average molecular weight is 367 g/mol. The molecule has 2 aromatic carbocycles. The number of hydrogen-bond acceptors (Lipinski definition) is 3. The van der Waals surface area contributed by atoms with Crippen molar-refractivity contribution in [2.45, 2.75) is 13.3 Å². The van der Waals surface area contributed by atoms with Gasteiger partial charge in [0.15, 0.2) is 5.69 Å². The Balaban J connectivity index is 1.68. The van der Waals surface area contributed by atoms with Crippen LogP contribution in [-0.4, -0.2) is 29.3 Å². The molecule has 0 aliphatic rings. The van der Waals surface area contributed by atoms with Crippen LogP contribution in [0.5, 0.6) is 5.75 Å². The maximum absolute atomic E-state index is 13.5. The molecule has 0 saturated carbocycles. The summed E-state index contributed by atoms with van der Waals surface area (Å²) in [6, 6.07) is 14.3. The third-order valence-electron chi connectivity index (χ3n) is 4.44. The number of carbonyl (C=O) groups is 1. The first-order valence-corrected chi connectivity index (χ1v) is 8.70. The first-order valence-electron chi connectivity index (χ1n) is 8.70. The van der Waals surface area contributed by atoms with E-state index < -0.39 is 0 Å². The van der Waals surface area contributed by atoms with Crippen LogP contribution in [0.1, 0.15) is 21.6 Å². The summed E-state index contributed by atoms with van der Waals surface area (Å²) in [5, 5.41) is 7.17. The van der Waals surface area contributed by atoms with E-state index in [1.165, 1.54) is 6.07 Å². The first-order chi connectivity index (χ1) is 13.0. The molecule has 0 spiro atoms. The minimum Gasteiger partial charge on any atom is -0.496 e. The van der Waals surface area contributed by atoms with E-state index in [0.717, 1.165) is 22.6 Å². The molecule has 5 nitrogen and oxygen atoms in total. The van der Waals surface area contributed by atoms with Crippen LogP contribution in [0.4, 0.5) is 4.39 Å². The lowest BCUT2D eigenvalue weighted by Gasteiger charge is -2.08. The van der Waals surface area contributed by atoms with Crippen molar-refractivity contribution in [1.82, 2.24) is 15.1 Å². The molecule has 0 radical (unpaired) electrons. The summed E-state index contributed by atoms with van der Waals surface area (Å²) in [6.45, 7) is 2.18. The van der Waals surface area contributed by atoms with Crippen LogP contribution < -0.4 is 10.1 Å². The number of ether oxygens (including phenoxy) is 1. The number of nitrogens with one attached hydrogen (secondary N) is 1. The van der Waals surface area contributed by atoms with Gasteiger partial charge < -0.3 is 10.1 Å². The van der Waals surface area contributed by atoms with Crippen LogP contribution in [0.15, 0.2) is 48.5 Å². The highest BCUT2D eigenvalue weighted by Crippen LogP contribution is 2.22. The molecule has 0 atom stereocenters. The van der Waals surface area contributed by atoms with Crippen LogP contribution in [0.2, 0.25) is 0 Å². The third kappa shape index (κ3) is 4.16. The number of aryl methyl sites for hydroxylation is 2. The summed E-state index contributed by atoms with van der Waals surface area (Å²) in [5.41, 5.74) is 3.49. The lowest BCUT2D eigenvalue weighted by atomic mass is 10.1. The Labute approximate surface area is 157 Å². The van der Waals surface area contributed by atoms with Crippen molar-refractivity contribution in [1.29, 1.82) is 0 Å². The molecule has 0 saturated heterocycles. The van der Waals surface area contributed by atoms with Crippen molar-refractivity contribution >= 4 is 5.91 Å². The summed E-state index contributed by atoms with van der Waals surface area (Å²) < 4.78 is 20.4. The molecular formula is C21H22FN3O2. The van der Waals surface area contributed by atoms with E-state index in [4.69, 9.17) is 4.74 Å². The van der Waals surface area contributed by atoms with Crippen LogP contribution >= 0.6 is 0 Å². The van der Waals surface area contributed by atoms with E-state index >= 15 is 0 Å². The summed E-state index contributed by atoms with van der Waals surface area (Å²) in [4.78, 5) is 12.4. The molecule has 6 heteroatoms. The summed E-state index contributed by atoms with van der Waals surface area (Å²) in [7, 11) is 3.39. The minimum atomic E-state index is -0.254. The number of para-hydroxylation sites is 1.